The van der Waals surface area contributed by atoms with Gasteiger partial charge in [0.1, 0.15) is 6.61 Å². The van der Waals surface area contributed by atoms with Gasteiger partial charge in [-0.05, 0) is 25.0 Å². The van der Waals surface area contributed by atoms with Gasteiger partial charge in [0, 0.05) is 25.7 Å². The Hall–Kier alpha value is -2.21. The number of rotatable bonds is 4. The third-order valence-electron chi connectivity index (χ3n) is 5.37. The second-order valence-corrected chi connectivity index (χ2v) is 7.75. The van der Waals surface area contributed by atoms with Crippen molar-refractivity contribution in [3.05, 3.63) is 71.8 Å². The molecular formula is C24H32N2O3. The van der Waals surface area contributed by atoms with Crippen LogP contribution >= 0.6 is 0 Å². The molecule has 0 saturated carbocycles. The van der Waals surface area contributed by atoms with Crippen molar-refractivity contribution in [3.8, 4) is 0 Å². The summed E-state index contributed by atoms with van der Waals surface area (Å²) in [5, 5.41) is 0. The van der Waals surface area contributed by atoms with E-state index < -0.39 is 0 Å². The summed E-state index contributed by atoms with van der Waals surface area (Å²) >= 11 is 0. The van der Waals surface area contributed by atoms with E-state index >= 15 is 0 Å². The highest BCUT2D eigenvalue weighted by Crippen LogP contribution is 2.13. The summed E-state index contributed by atoms with van der Waals surface area (Å²) in [4.78, 5) is 16.0. The van der Waals surface area contributed by atoms with Crippen molar-refractivity contribution in [1.82, 2.24) is 9.80 Å². The lowest BCUT2D eigenvalue weighted by Crippen LogP contribution is -2.47. The average molecular weight is 397 g/mol. The minimum Gasteiger partial charge on any atom is -0.379 e. The summed E-state index contributed by atoms with van der Waals surface area (Å²) < 4.78 is 10.6. The third kappa shape index (κ3) is 6.67. The number of ether oxygens (including phenoxy) is 2. The maximum atomic E-state index is 11.6. The molecule has 2 aliphatic heterocycles. The fraction of sp³-hybridized carbons (Fsp3) is 0.458. The lowest BCUT2D eigenvalue weighted by atomic mass is 10.1. The highest BCUT2D eigenvalue weighted by atomic mass is 16.5. The Morgan fingerprint density at radius 1 is 0.828 bits per heavy atom. The van der Waals surface area contributed by atoms with Crippen molar-refractivity contribution in [2.75, 3.05) is 33.0 Å². The summed E-state index contributed by atoms with van der Waals surface area (Å²) in [5.74, 6) is 0.0811. The highest BCUT2D eigenvalue weighted by molar-refractivity contribution is 5.78. The summed E-state index contributed by atoms with van der Waals surface area (Å²) in [7, 11) is 0. The monoisotopic (exact) mass is 396 g/mol. The summed E-state index contributed by atoms with van der Waals surface area (Å²) in [6.07, 6.45) is 0. The molecule has 0 aromatic heterocycles. The fourth-order valence-corrected chi connectivity index (χ4v) is 3.57. The van der Waals surface area contributed by atoms with Crippen LogP contribution in [0.3, 0.4) is 0 Å². The lowest BCUT2D eigenvalue weighted by molar-refractivity contribution is -0.148. The Bertz CT molecular complexity index is 738. The molecule has 2 aliphatic rings. The van der Waals surface area contributed by atoms with Crippen LogP contribution in [0.15, 0.2) is 60.7 Å². The number of hydrogen-bond donors (Lipinski definition) is 0. The number of amides is 1. The number of morpholine rings is 2. The average Bonchev–Trinajstić information content (AvgIpc) is 2.75. The summed E-state index contributed by atoms with van der Waals surface area (Å²) in [6.45, 7) is 9.62. The molecule has 2 heterocycles. The maximum Gasteiger partial charge on any atom is 0.249 e. The van der Waals surface area contributed by atoms with Gasteiger partial charge in [0.25, 0.3) is 0 Å². The first-order chi connectivity index (χ1) is 14.1. The van der Waals surface area contributed by atoms with E-state index in [1.807, 2.05) is 42.2 Å². The van der Waals surface area contributed by atoms with Crippen LogP contribution in [-0.4, -0.2) is 60.8 Å². The molecule has 29 heavy (non-hydrogen) atoms. The van der Waals surface area contributed by atoms with Gasteiger partial charge in [0.05, 0.1) is 25.9 Å². The predicted octanol–water partition coefficient (Wildman–Crippen LogP) is 3.34. The van der Waals surface area contributed by atoms with E-state index in [-0.39, 0.29) is 18.6 Å². The number of carbonyl (C=O) groups is 1. The van der Waals surface area contributed by atoms with Gasteiger partial charge in [-0.25, -0.2) is 0 Å². The van der Waals surface area contributed by atoms with Crippen LogP contribution in [0.1, 0.15) is 25.0 Å². The molecule has 0 bridgehead atoms. The Balaban J connectivity index is 0.000000166. The molecule has 2 fully saturated rings. The van der Waals surface area contributed by atoms with Crippen LogP contribution in [0.25, 0.3) is 0 Å². The molecule has 2 atom stereocenters. The molecule has 0 radical (unpaired) electrons. The number of nitrogens with zero attached hydrogens (tertiary/aromatic N) is 2. The van der Waals surface area contributed by atoms with Crippen molar-refractivity contribution in [3.63, 3.8) is 0 Å². The van der Waals surface area contributed by atoms with Gasteiger partial charge in [-0.15, -0.1) is 0 Å². The van der Waals surface area contributed by atoms with E-state index in [0.29, 0.717) is 19.2 Å². The van der Waals surface area contributed by atoms with Crippen LogP contribution in [0.2, 0.25) is 0 Å². The van der Waals surface area contributed by atoms with E-state index in [1.165, 1.54) is 11.1 Å². The van der Waals surface area contributed by atoms with Crippen molar-refractivity contribution in [2.45, 2.75) is 39.0 Å². The molecule has 0 N–H and O–H groups in total. The SMILES string of the molecule is CC1COCC(=O)N1Cc1ccccc1.CC1COCCN1Cc1ccccc1. The zero-order valence-electron chi connectivity index (χ0n) is 17.5. The number of carbonyl (C=O) groups excluding carboxylic acids is 1. The molecule has 2 aromatic carbocycles. The molecule has 2 saturated heterocycles. The highest BCUT2D eigenvalue weighted by Gasteiger charge is 2.25. The zero-order valence-corrected chi connectivity index (χ0v) is 17.5. The van der Waals surface area contributed by atoms with E-state index in [2.05, 4.69) is 42.2 Å². The largest absolute Gasteiger partial charge is 0.379 e. The molecule has 5 heteroatoms. The first-order valence-corrected chi connectivity index (χ1v) is 10.4. The fourth-order valence-electron chi connectivity index (χ4n) is 3.57. The molecular weight excluding hydrogens is 364 g/mol. The smallest absolute Gasteiger partial charge is 0.249 e. The van der Waals surface area contributed by atoms with Crippen LogP contribution in [0.4, 0.5) is 0 Å². The van der Waals surface area contributed by atoms with Crippen LogP contribution in [-0.2, 0) is 27.4 Å². The first-order valence-electron chi connectivity index (χ1n) is 10.4. The molecule has 2 unspecified atom stereocenters. The molecule has 0 spiro atoms. The Labute approximate surface area is 174 Å². The van der Waals surface area contributed by atoms with Gasteiger partial charge >= 0.3 is 0 Å². The molecule has 1 amide bonds. The van der Waals surface area contributed by atoms with E-state index in [9.17, 15) is 4.79 Å². The van der Waals surface area contributed by atoms with E-state index in [0.717, 1.165) is 26.3 Å². The van der Waals surface area contributed by atoms with Crippen molar-refractivity contribution < 1.29 is 14.3 Å². The Kier molecular flexibility index (Phi) is 8.23. The van der Waals surface area contributed by atoms with Gasteiger partial charge in [0.15, 0.2) is 0 Å². The first kappa shape index (κ1) is 21.5. The standard InChI is InChI=1S/C12H15NO2.C12H17NO/c1-10-8-15-9-12(14)13(10)7-11-5-3-2-4-6-11;1-11-10-14-8-7-13(11)9-12-5-3-2-4-6-12/h2-6,10H,7-9H2,1H3;2-6,11H,7-10H2,1H3. The Morgan fingerprint density at radius 3 is 2.00 bits per heavy atom. The van der Waals surface area contributed by atoms with Crippen LogP contribution in [0.5, 0.6) is 0 Å². The van der Waals surface area contributed by atoms with Crippen LogP contribution in [0, 0.1) is 0 Å². The van der Waals surface area contributed by atoms with Crippen molar-refractivity contribution in [2.24, 2.45) is 0 Å². The van der Waals surface area contributed by atoms with Crippen LogP contribution < -0.4 is 0 Å². The van der Waals surface area contributed by atoms with Gasteiger partial charge in [0.2, 0.25) is 5.91 Å². The number of benzene rings is 2. The summed E-state index contributed by atoms with van der Waals surface area (Å²) in [5.41, 5.74) is 2.56. The lowest BCUT2D eigenvalue weighted by Gasteiger charge is -2.33. The second kappa shape index (κ2) is 11.1. The van der Waals surface area contributed by atoms with Gasteiger partial charge in [-0.2, -0.15) is 0 Å². The predicted molar refractivity (Wildman–Crippen MR) is 114 cm³/mol. The van der Waals surface area contributed by atoms with Crippen molar-refractivity contribution >= 4 is 5.91 Å². The van der Waals surface area contributed by atoms with Gasteiger partial charge < -0.3 is 14.4 Å². The topological polar surface area (TPSA) is 42.0 Å². The minimum absolute atomic E-state index is 0.0811. The second-order valence-electron chi connectivity index (χ2n) is 7.75. The normalized spacial score (nSPS) is 22.7. The molecule has 2 aromatic rings. The molecule has 156 valence electrons. The zero-order chi connectivity index (χ0) is 20.5. The summed E-state index contributed by atoms with van der Waals surface area (Å²) in [6, 6.07) is 21.4. The quantitative estimate of drug-likeness (QED) is 0.795. The maximum absolute atomic E-state index is 11.6. The Morgan fingerprint density at radius 2 is 1.41 bits per heavy atom. The molecule has 4 rings (SSSR count). The minimum atomic E-state index is 0.0811. The third-order valence-corrected chi connectivity index (χ3v) is 5.37. The molecule has 5 nitrogen and oxygen atoms in total. The van der Waals surface area contributed by atoms with Crippen molar-refractivity contribution in [1.29, 1.82) is 0 Å². The number of hydrogen-bond acceptors (Lipinski definition) is 4. The van der Waals surface area contributed by atoms with E-state index in [1.54, 1.807) is 0 Å². The van der Waals surface area contributed by atoms with E-state index in [4.69, 9.17) is 9.47 Å². The van der Waals surface area contributed by atoms with Gasteiger partial charge in [-0.3, -0.25) is 9.69 Å². The molecule has 0 aliphatic carbocycles. The van der Waals surface area contributed by atoms with Gasteiger partial charge in [-0.1, -0.05) is 60.7 Å².